The summed E-state index contributed by atoms with van der Waals surface area (Å²) < 4.78 is 6.99. The van der Waals surface area contributed by atoms with Crippen LogP contribution in [0.2, 0.25) is 0 Å². The maximum atomic E-state index is 11.1. The Bertz CT molecular complexity index is 1220. The van der Waals surface area contributed by atoms with E-state index in [1.807, 2.05) is 48.5 Å². The van der Waals surface area contributed by atoms with Crippen LogP contribution in [0, 0.1) is 0 Å². The molecule has 0 aliphatic rings. The number of hydrogen-bond acceptors (Lipinski definition) is 7. The summed E-state index contributed by atoms with van der Waals surface area (Å²) in [6.45, 7) is 1.86. The number of anilines is 1. The van der Waals surface area contributed by atoms with Gasteiger partial charge in [0, 0.05) is 18.7 Å². The Kier molecular flexibility index (Phi) is 5.42. The van der Waals surface area contributed by atoms with Gasteiger partial charge in [0.1, 0.15) is 12.1 Å². The molecule has 0 fully saturated rings. The van der Waals surface area contributed by atoms with Crippen LogP contribution < -0.4 is 10.1 Å². The van der Waals surface area contributed by atoms with Crippen LogP contribution in [0.5, 0.6) is 5.75 Å². The molecule has 30 heavy (non-hydrogen) atoms. The molecule has 1 amide bonds. The molecule has 0 bridgehead atoms. The fourth-order valence-corrected chi connectivity index (χ4v) is 2.92. The average Bonchev–Trinajstić information content (AvgIpc) is 3.20. The van der Waals surface area contributed by atoms with E-state index >= 15 is 0 Å². The molecule has 150 valence electrons. The lowest BCUT2D eigenvalue weighted by Crippen LogP contribution is -2.05. The molecule has 2 aromatic heterocycles. The molecule has 0 saturated heterocycles. The second kappa shape index (κ2) is 8.48. The van der Waals surface area contributed by atoms with E-state index in [1.54, 1.807) is 18.0 Å². The number of rotatable bonds is 6. The van der Waals surface area contributed by atoms with Crippen molar-refractivity contribution in [3.05, 3.63) is 66.6 Å². The highest BCUT2D eigenvalue weighted by Gasteiger charge is 2.11. The molecule has 0 aliphatic heterocycles. The summed E-state index contributed by atoms with van der Waals surface area (Å²) in [6.07, 6.45) is 3.11. The SMILES string of the molecule is COc1cccc(-n2ncc3c(N=NCc4ccc(NC(C)=O)cc4)ncnc32)c1. The standard InChI is InChI=1S/C21H19N7O2/c1-14(29)26-16-8-6-15(7-9-16)11-24-27-20-19-12-25-28(21(19)23-13-22-20)17-4-3-5-18(10-17)30-2/h3-10,12-13H,11H2,1-2H3,(H,26,29). The number of nitrogens with zero attached hydrogens (tertiary/aromatic N) is 6. The van der Waals surface area contributed by atoms with Crippen molar-refractivity contribution in [1.29, 1.82) is 0 Å². The van der Waals surface area contributed by atoms with Crippen LogP contribution in [0.4, 0.5) is 11.5 Å². The highest BCUT2D eigenvalue weighted by atomic mass is 16.5. The van der Waals surface area contributed by atoms with Gasteiger partial charge in [0.15, 0.2) is 11.5 Å². The third-order valence-corrected chi connectivity index (χ3v) is 4.34. The van der Waals surface area contributed by atoms with E-state index in [4.69, 9.17) is 4.74 Å². The van der Waals surface area contributed by atoms with Gasteiger partial charge in [-0.3, -0.25) is 4.79 Å². The molecule has 4 aromatic rings. The molecule has 0 radical (unpaired) electrons. The van der Waals surface area contributed by atoms with Crippen molar-refractivity contribution in [2.24, 2.45) is 10.2 Å². The van der Waals surface area contributed by atoms with E-state index in [2.05, 4.69) is 30.6 Å². The van der Waals surface area contributed by atoms with E-state index < -0.39 is 0 Å². The predicted molar refractivity (Wildman–Crippen MR) is 112 cm³/mol. The van der Waals surface area contributed by atoms with Crippen LogP contribution in [0.25, 0.3) is 16.7 Å². The van der Waals surface area contributed by atoms with E-state index in [0.29, 0.717) is 23.4 Å². The summed E-state index contributed by atoms with van der Waals surface area (Å²) in [5.41, 5.74) is 3.16. The van der Waals surface area contributed by atoms with Crippen molar-refractivity contribution in [1.82, 2.24) is 19.7 Å². The van der Waals surface area contributed by atoms with E-state index in [0.717, 1.165) is 22.7 Å². The zero-order valence-corrected chi connectivity index (χ0v) is 16.5. The summed E-state index contributed by atoms with van der Waals surface area (Å²) in [4.78, 5) is 19.7. The number of methoxy groups -OCH3 is 1. The first-order chi connectivity index (χ1) is 14.6. The zero-order chi connectivity index (χ0) is 20.9. The second-order valence-corrected chi connectivity index (χ2v) is 6.47. The van der Waals surface area contributed by atoms with Crippen LogP contribution in [0.15, 0.2) is 71.3 Å². The molecule has 2 heterocycles. The maximum Gasteiger partial charge on any atom is 0.221 e. The van der Waals surface area contributed by atoms with Crippen LogP contribution in [-0.4, -0.2) is 32.8 Å². The molecular weight excluding hydrogens is 382 g/mol. The van der Waals surface area contributed by atoms with E-state index in [-0.39, 0.29) is 5.91 Å². The maximum absolute atomic E-state index is 11.1. The fourth-order valence-electron chi connectivity index (χ4n) is 2.92. The first-order valence-electron chi connectivity index (χ1n) is 9.21. The number of benzene rings is 2. The van der Waals surface area contributed by atoms with Gasteiger partial charge in [-0.15, -0.1) is 5.11 Å². The van der Waals surface area contributed by atoms with Gasteiger partial charge in [-0.05, 0) is 29.8 Å². The molecule has 9 heteroatoms. The number of amides is 1. The lowest BCUT2D eigenvalue weighted by molar-refractivity contribution is -0.114. The molecule has 4 rings (SSSR count). The Morgan fingerprint density at radius 3 is 2.77 bits per heavy atom. The van der Waals surface area contributed by atoms with Gasteiger partial charge in [-0.2, -0.15) is 10.2 Å². The quantitative estimate of drug-likeness (QED) is 0.490. The second-order valence-electron chi connectivity index (χ2n) is 6.47. The van der Waals surface area contributed by atoms with Gasteiger partial charge < -0.3 is 10.1 Å². The Morgan fingerprint density at radius 1 is 1.17 bits per heavy atom. The minimum atomic E-state index is -0.107. The van der Waals surface area contributed by atoms with Crippen molar-refractivity contribution in [3.8, 4) is 11.4 Å². The molecule has 0 atom stereocenters. The first kappa shape index (κ1) is 19.2. The highest BCUT2D eigenvalue weighted by Crippen LogP contribution is 2.25. The molecule has 0 aliphatic carbocycles. The minimum absolute atomic E-state index is 0.107. The smallest absolute Gasteiger partial charge is 0.221 e. The van der Waals surface area contributed by atoms with Crippen LogP contribution in [0.3, 0.4) is 0 Å². The number of aromatic nitrogens is 4. The van der Waals surface area contributed by atoms with Gasteiger partial charge in [-0.25, -0.2) is 14.6 Å². The van der Waals surface area contributed by atoms with Gasteiger partial charge >= 0.3 is 0 Å². The van der Waals surface area contributed by atoms with Crippen LogP contribution in [-0.2, 0) is 11.3 Å². The lowest BCUT2D eigenvalue weighted by atomic mass is 10.2. The largest absolute Gasteiger partial charge is 0.497 e. The number of nitrogens with one attached hydrogen (secondary N) is 1. The average molecular weight is 401 g/mol. The highest BCUT2D eigenvalue weighted by molar-refractivity contribution is 5.88. The molecule has 1 N–H and O–H groups in total. The monoisotopic (exact) mass is 401 g/mol. The van der Waals surface area contributed by atoms with Gasteiger partial charge in [0.2, 0.25) is 5.91 Å². The summed E-state index contributed by atoms with van der Waals surface area (Å²) in [5, 5.41) is 16.4. The summed E-state index contributed by atoms with van der Waals surface area (Å²) in [7, 11) is 1.62. The van der Waals surface area contributed by atoms with Gasteiger partial charge in [0.25, 0.3) is 0 Å². The Balaban J connectivity index is 1.55. The summed E-state index contributed by atoms with van der Waals surface area (Å²) in [5.74, 6) is 1.07. The van der Waals surface area contributed by atoms with Crippen molar-refractivity contribution in [2.45, 2.75) is 13.5 Å². The number of hydrogen-bond donors (Lipinski definition) is 1. The third kappa shape index (κ3) is 4.14. The number of ether oxygens (including phenoxy) is 1. The number of fused-ring (bicyclic) bond motifs is 1. The van der Waals surface area contributed by atoms with Gasteiger partial charge in [-0.1, -0.05) is 18.2 Å². The topological polar surface area (TPSA) is 107 Å². The summed E-state index contributed by atoms with van der Waals surface area (Å²) >= 11 is 0. The molecule has 2 aromatic carbocycles. The molecule has 0 unspecified atom stereocenters. The number of carbonyl (C=O) groups excluding carboxylic acids is 1. The first-order valence-corrected chi connectivity index (χ1v) is 9.21. The Morgan fingerprint density at radius 2 is 2.00 bits per heavy atom. The molecular formula is C21H19N7O2. The van der Waals surface area contributed by atoms with Crippen molar-refractivity contribution in [2.75, 3.05) is 12.4 Å². The Hall–Kier alpha value is -4.14. The minimum Gasteiger partial charge on any atom is -0.497 e. The molecule has 0 saturated carbocycles. The fraction of sp³-hybridized carbons (Fsp3) is 0.143. The predicted octanol–water partition coefficient (Wildman–Crippen LogP) is 4.07. The van der Waals surface area contributed by atoms with Crippen LogP contribution in [0.1, 0.15) is 12.5 Å². The van der Waals surface area contributed by atoms with E-state index in [9.17, 15) is 4.79 Å². The Labute approximate surface area is 172 Å². The lowest BCUT2D eigenvalue weighted by Gasteiger charge is -2.05. The normalized spacial score (nSPS) is 11.1. The zero-order valence-electron chi connectivity index (χ0n) is 16.5. The van der Waals surface area contributed by atoms with Crippen molar-refractivity contribution < 1.29 is 9.53 Å². The third-order valence-electron chi connectivity index (χ3n) is 4.34. The summed E-state index contributed by atoms with van der Waals surface area (Å²) in [6, 6.07) is 15.0. The molecule has 0 spiro atoms. The van der Waals surface area contributed by atoms with Crippen LogP contribution >= 0.6 is 0 Å². The van der Waals surface area contributed by atoms with E-state index in [1.165, 1.54) is 13.3 Å². The number of azo groups is 1. The molecule has 9 nitrogen and oxygen atoms in total. The van der Waals surface area contributed by atoms with Gasteiger partial charge in [0.05, 0.1) is 30.9 Å². The number of carbonyl (C=O) groups is 1. The van der Waals surface area contributed by atoms with Crippen molar-refractivity contribution >= 4 is 28.4 Å². The van der Waals surface area contributed by atoms with Crippen molar-refractivity contribution in [3.63, 3.8) is 0 Å².